The summed E-state index contributed by atoms with van der Waals surface area (Å²) >= 11 is 1.28. The van der Waals surface area contributed by atoms with Crippen LogP contribution in [0, 0.1) is 6.92 Å². The maximum atomic E-state index is 12.5. The molecule has 2 amide bonds. The van der Waals surface area contributed by atoms with Crippen molar-refractivity contribution in [2.75, 3.05) is 7.11 Å². The van der Waals surface area contributed by atoms with Crippen LogP contribution in [0.5, 0.6) is 5.75 Å². The van der Waals surface area contributed by atoms with E-state index in [2.05, 4.69) is 15.8 Å². The van der Waals surface area contributed by atoms with Gasteiger partial charge in [0.05, 0.1) is 25.5 Å². The molecular formula is C22H19N3O4S. The molecule has 0 spiro atoms. The molecule has 4 aromatic rings. The van der Waals surface area contributed by atoms with Gasteiger partial charge in [0.15, 0.2) is 0 Å². The summed E-state index contributed by atoms with van der Waals surface area (Å²) in [6.07, 6.45) is 1.60. The molecule has 8 heteroatoms. The van der Waals surface area contributed by atoms with Gasteiger partial charge in [0.25, 0.3) is 5.91 Å². The van der Waals surface area contributed by atoms with Crippen LogP contribution >= 0.6 is 11.3 Å². The lowest BCUT2D eigenvalue weighted by Crippen LogP contribution is -2.42. The van der Waals surface area contributed by atoms with E-state index in [1.54, 1.807) is 26.2 Å². The third-order valence-electron chi connectivity index (χ3n) is 4.55. The van der Waals surface area contributed by atoms with Gasteiger partial charge in [-0.3, -0.25) is 20.4 Å². The summed E-state index contributed by atoms with van der Waals surface area (Å²) in [5.41, 5.74) is 7.83. The summed E-state index contributed by atoms with van der Waals surface area (Å²) in [6, 6.07) is 15.0. The van der Waals surface area contributed by atoms with Gasteiger partial charge in [-0.15, -0.1) is 11.3 Å². The van der Waals surface area contributed by atoms with Crippen molar-refractivity contribution < 1.29 is 18.7 Å². The van der Waals surface area contributed by atoms with Gasteiger partial charge < -0.3 is 9.15 Å². The Morgan fingerprint density at radius 2 is 1.93 bits per heavy atom. The summed E-state index contributed by atoms with van der Waals surface area (Å²) in [7, 11) is 1.58. The lowest BCUT2D eigenvalue weighted by Gasteiger charge is -2.06. The fraction of sp³-hybridized carbons (Fsp3) is 0.136. The Bertz CT molecular complexity index is 1210. The van der Waals surface area contributed by atoms with Gasteiger partial charge in [0.1, 0.15) is 21.2 Å². The molecule has 0 radical (unpaired) electrons. The highest BCUT2D eigenvalue weighted by Crippen LogP contribution is 2.28. The first-order valence-corrected chi connectivity index (χ1v) is 10.0. The fourth-order valence-electron chi connectivity index (χ4n) is 3.04. The van der Waals surface area contributed by atoms with Crippen molar-refractivity contribution in [2.24, 2.45) is 0 Å². The van der Waals surface area contributed by atoms with Crippen molar-refractivity contribution in [3.8, 4) is 16.3 Å². The summed E-state index contributed by atoms with van der Waals surface area (Å²) in [5, 5.41) is 1.58. The predicted octanol–water partition coefficient (Wildman–Crippen LogP) is 3.88. The number of amides is 2. The Kier molecular flexibility index (Phi) is 5.49. The molecule has 30 heavy (non-hydrogen) atoms. The minimum Gasteiger partial charge on any atom is -0.497 e. The molecule has 2 heterocycles. The molecule has 0 aliphatic heterocycles. The molecule has 0 fully saturated rings. The normalized spacial score (nSPS) is 10.7. The lowest BCUT2D eigenvalue weighted by molar-refractivity contribution is -0.121. The number of aromatic nitrogens is 1. The molecule has 0 aliphatic carbocycles. The molecule has 0 bridgehead atoms. The number of hydrogen-bond acceptors (Lipinski definition) is 6. The molecule has 0 atom stereocenters. The van der Waals surface area contributed by atoms with Crippen molar-refractivity contribution in [3.05, 3.63) is 70.9 Å². The second-order valence-corrected chi connectivity index (χ2v) is 7.60. The van der Waals surface area contributed by atoms with Crippen molar-refractivity contribution >= 4 is 34.1 Å². The van der Waals surface area contributed by atoms with Gasteiger partial charge in [-0.1, -0.05) is 30.3 Å². The maximum Gasteiger partial charge on any atom is 0.281 e. The van der Waals surface area contributed by atoms with Crippen LogP contribution in [0.4, 0.5) is 0 Å². The Morgan fingerprint density at radius 1 is 1.13 bits per heavy atom. The van der Waals surface area contributed by atoms with E-state index in [4.69, 9.17) is 9.15 Å². The first kappa shape index (κ1) is 19.7. The highest BCUT2D eigenvalue weighted by Gasteiger charge is 2.17. The molecule has 0 saturated heterocycles. The minimum absolute atomic E-state index is 0.0660. The number of ether oxygens (including phenoxy) is 1. The summed E-state index contributed by atoms with van der Waals surface area (Å²) < 4.78 is 10.7. The number of carbonyl (C=O) groups is 2. The third-order valence-corrected chi connectivity index (χ3v) is 5.76. The molecule has 0 aliphatic rings. The SMILES string of the molecule is COc1ccc2c(CC(=O)NNC(=O)c3sc(-c4ccccc4)nc3C)coc2c1. The summed E-state index contributed by atoms with van der Waals surface area (Å²) in [5.74, 6) is -0.0791. The average Bonchev–Trinajstić information content (AvgIpc) is 3.35. The molecular weight excluding hydrogens is 402 g/mol. The monoisotopic (exact) mass is 421 g/mol. The summed E-state index contributed by atoms with van der Waals surface area (Å²) in [4.78, 5) is 29.7. The van der Waals surface area contributed by atoms with Gasteiger partial charge in [0, 0.05) is 22.6 Å². The van der Waals surface area contributed by atoms with Crippen LogP contribution in [-0.2, 0) is 11.2 Å². The maximum absolute atomic E-state index is 12.5. The van der Waals surface area contributed by atoms with Crippen LogP contribution in [0.2, 0.25) is 0 Å². The standard InChI is InChI=1S/C22H19N3O4S/c1-13-20(30-22(23-13)14-6-4-3-5-7-14)21(27)25-24-19(26)10-15-12-29-18-11-16(28-2)8-9-17(15)18/h3-9,11-12H,10H2,1-2H3,(H,24,26)(H,25,27). The van der Waals surface area contributed by atoms with E-state index in [0.717, 1.165) is 21.5 Å². The lowest BCUT2D eigenvalue weighted by atomic mass is 10.1. The van der Waals surface area contributed by atoms with E-state index in [0.29, 0.717) is 21.9 Å². The molecule has 2 N–H and O–H groups in total. The number of furan rings is 1. The Morgan fingerprint density at radius 3 is 2.70 bits per heavy atom. The number of hydrazine groups is 1. The summed E-state index contributed by atoms with van der Waals surface area (Å²) in [6.45, 7) is 1.77. The van der Waals surface area contributed by atoms with Crippen molar-refractivity contribution in [2.45, 2.75) is 13.3 Å². The Labute approximate surface area is 176 Å². The molecule has 2 aromatic carbocycles. The molecule has 0 unspecified atom stereocenters. The van der Waals surface area contributed by atoms with Gasteiger partial charge in [-0.2, -0.15) is 0 Å². The highest BCUT2D eigenvalue weighted by atomic mass is 32.1. The largest absolute Gasteiger partial charge is 0.497 e. The van der Waals surface area contributed by atoms with Crippen LogP contribution in [0.1, 0.15) is 20.9 Å². The van der Waals surface area contributed by atoms with Gasteiger partial charge in [-0.25, -0.2) is 4.98 Å². The zero-order chi connectivity index (χ0) is 21.1. The fourth-order valence-corrected chi connectivity index (χ4v) is 4.01. The van der Waals surface area contributed by atoms with Crippen molar-refractivity contribution in [3.63, 3.8) is 0 Å². The number of aryl methyl sites for hydroxylation is 1. The van der Waals surface area contributed by atoms with Crippen LogP contribution in [0.25, 0.3) is 21.5 Å². The number of nitrogens with one attached hydrogen (secondary N) is 2. The van der Waals surface area contributed by atoms with Gasteiger partial charge in [-0.05, 0) is 19.1 Å². The Hall–Kier alpha value is -3.65. The second kappa shape index (κ2) is 8.38. The second-order valence-electron chi connectivity index (χ2n) is 6.60. The van der Waals surface area contributed by atoms with Crippen molar-refractivity contribution in [1.82, 2.24) is 15.8 Å². The molecule has 152 valence electrons. The molecule has 4 rings (SSSR count). The number of benzene rings is 2. The number of nitrogens with zero attached hydrogens (tertiary/aromatic N) is 1. The van der Waals surface area contributed by atoms with E-state index in [-0.39, 0.29) is 12.3 Å². The number of fused-ring (bicyclic) bond motifs is 1. The first-order valence-electron chi connectivity index (χ1n) is 9.21. The first-order chi connectivity index (χ1) is 14.5. The van der Waals surface area contributed by atoms with E-state index in [1.807, 2.05) is 36.4 Å². The predicted molar refractivity (Wildman–Crippen MR) is 114 cm³/mol. The third kappa shape index (κ3) is 4.04. The van der Waals surface area contributed by atoms with E-state index >= 15 is 0 Å². The van der Waals surface area contributed by atoms with Crippen LogP contribution in [-0.4, -0.2) is 23.9 Å². The van der Waals surface area contributed by atoms with E-state index < -0.39 is 5.91 Å². The van der Waals surface area contributed by atoms with Crippen LogP contribution < -0.4 is 15.6 Å². The smallest absolute Gasteiger partial charge is 0.281 e. The average molecular weight is 421 g/mol. The minimum atomic E-state index is -0.401. The molecule has 2 aromatic heterocycles. The zero-order valence-electron chi connectivity index (χ0n) is 16.4. The molecule has 7 nitrogen and oxygen atoms in total. The zero-order valence-corrected chi connectivity index (χ0v) is 17.2. The molecule has 0 saturated carbocycles. The quantitative estimate of drug-likeness (QED) is 0.477. The van der Waals surface area contributed by atoms with Crippen molar-refractivity contribution in [1.29, 1.82) is 0 Å². The van der Waals surface area contributed by atoms with E-state index in [1.165, 1.54) is 17.6 Å². The number of rotatable bonds is 5. The highest BCUT2D eigenvalue weighted by molar-refractivity contribution is 7.17. The number of thiazole rings is 1. The topological polar surface area (TPSA) is 93.5 Å². The van der Waals surface area contributed by atoms with E-state index in [9.17, 15) is 9.59 Å². The number of methoxy groups -OCH3 is 1. The number of carbonyl (C=O) groups excluding carboxylic acids is 2. The Balaban J connectivity index is 1.40. The van der Waals surface area contributed by atoms with Crippen LogP contribution in [0.3, 0.4) is 0 Å². The van der Waals surface area contributed by atoms with Gasteiger partial charge in [0.2, 0.25) is 5.91 Å². The van der Waals surface area contributed by atoms with Gasteiger partial charge >= 0.3 is 0 Å². The van der Waals surface area contributed by atoms with Crippen LogP contribution in [0.15, 0.2) is 59.2 Å². The number of hydrogen-bond donors (Lipinski definition) is 2.